The Morgan fingerprint density at radius 3 is 2.54 bits per heavy atom. The average molecular weight is 183 g/mol. The van der Waals surface area contributed by atoms with Crippen LogP contribution < -0.4 is 10.6 Å². The maximum Gasteiger partial charge on any atom is 0.239 e. The number of amides is 1. The maximum absolute atomic E-state index is 11.5. The lowest BCUT2D eigenvalue weighted by Crippen LogP contribution is -2.53. The molecule has 74 valence electrons. The number of hydrogen-bond acceptors (Lipinski definition) is 3. The van der Waals surface area contributed by atoms with Gasteiger partial charge in [-0.3, -0.25) is 4.79 Å². The van der Waals surface area contributed by atoms with Crippen molar-refractivity contribution in [3.63, 3.8) is 0 Å². The van der Waals surface area contributed by atoms with E-state index >= 15 is 0 Å². The lowest BCUT2D eigenvalue weighted by molar-refractivity contribution is -0.126. The zero-order valence-electron chi connectivity index (χ0n) is 8.64. The summed E-state index contributed by atoms with van der Waals surface area (Å²) in [5.41, 5.74) is -0.580. The number of nitrogens with one attached hydrogen (secondary N) is 2. The van der Waals surface area contributed by atoms with Gasteiger partial charge in [0.1, 0.15) is 0 Å². The van der Waals surface area contributed by atoms with Crippen LogP contribution in [-0.2, 0) is 4.79 Å². The largest absolute Gasteiger partial charge is 0.351 e. The Morgan fingerprint density at radius 2 is 2.15 bits per heavy atom. The van der Waals surface area contributed by atoms with Crippen LogP contribution in [0.1, 0.15) is 27.2 Å². The highest BCUT2D eigenvalue weighted by atomic mass is 16.2. The Morgan fingerprint density at radius 1 is 1.62 bits per heavy atom. The third-order valence-electron chi connectivity index (χ3n) is 1.97. The van der Waals surface area contributed by atoms with E-state index in [1.165, 1.54) is 0 Å². The first kappa shape index (κ1) is 11.9. The molecule has 0 rings (SSSR count). The van der Waals surface area contributed by atoms with E-state index in [2.05, 4.69) is 10.6 Å². The highest BCUT2D eigenvalue weighted by Crippen LogP contribution is 2.01. The van der Waals surface area contributed by atoms with Crippen LogP contribution in [0.2, 0.25) is 0 Å². The zero-order valence-corrected chi connectivity index (χ0v) is 8.64. The number of carbonyl (C=O) groups is 1. The van der Waals surface area contributed by atoms with Crippen LogP contribution in [0.5, 0.6) is 0 Å². The summed E-state index contributed by atoms with van der Waals surface area (Å²) in [5, 5.41) is 14.0. The highest BCUT2D eigenvalue weighted by molar-refractivity contribution is 5.85. The van der Waals surface area contributed by atoms with E-state index in [1.807, 2.05) is 13.0 Å². The van der Waals surface area contributed by atoms with Crippen LogP contribution in [0.15, 0.2) is 0 Å². The van der Waals surface area contributed by atoms with Crippen LogP contribution in [0.4, 0.5) is 0 Å². The molecule has 0 radical (unpaired) electrons. The normalized spacial score (nSPS) is 13.2. The van der Waals surface area contributed by atoms with E-state index in [1.54, 1.807) is 20.9 Å². The van der Waals surface area contributed by atoms with Gasteiger partial charge in [0.15, 0.2) is 0 Å². The van der Waals surface area contributed by atoms with Crippen molar-refractivity contribution in [2.75, 3.05) is 7.05 Å². The van der Waals surface area contributed by atoms with Gasteiger partial charge in [-0.1, -0.05) is 0 Å². The van der Waals surface area contributed by atoms with Crippen LogP contribution in [-0.4, -0.2) is 24.5 Å². The van der Waals surface area contributed by atoms with Gasteiger partial charge < -0.3 is 10.6 Å². The Labute approximate surface area is 79.3 Å². The second-order valence-corrected chi connectivity index (χ2v) is 3.61. The molecule has 0 aliphatic carbocycles. The fourth-order valence-electron chi connectivity index (χ4n) is 0.706. The minimum atomic E-state index is -0.580. The van der Waals surface area contributed by atoms with Crippen molar-refractivity contribution >= 4 is 5.91 Å². The van der Waals surface area contributed by atoms with Gasteiger partial charge in [0.2, 0.25) is 5.91 Å². The first-order valence-electron chi connectivity index (χ1n) is 4.31. The molecule has 4 nitrogen and oxygen atoms in total. The van der Waals surface area contributed by atoms with Gasteiger partial charge in [-0.15, -0.1) is 0 Å². The van der Waals surface area contributed by atoms with E-state index in [9.17, 15) is 4.79 Å². The van der Waals surface area contributed by atoms with Gasteiger partial charge in [0.05, 0.1) is 18.0 Å². The summed E-state index contributed by atoms with van der Waals surface area (Å²) < 4.78 is 0. The molecule has 0 aliphatic heterocycles. The van der Waals surface area contributed by atoms with Crippen molar-refractivity contribution in [2.45, 2.75) is 38.8 Å². The van der Waals surface area contributed by atoms with Crippen LogP contribution >= 0.6 is 0 Å². The van der Waals surface area contributed by atoms with E-state index in [0.29, 0.717) is 6.42 Å². The summed E-state index contributed by atoms with van der Waals surface area (Å²) >= 11 is 0. The third kappa shape index (κ3) is 3.90. The highest BCUT2D eigenvalue weighted by Gasteiger charge is 2.25. The van der Waals surface area contributed by atoms with E-state index in [0.717, 1.165) is 0 Å². The van der Waals surface area contributed by atoms with Crippen molar-refractivity contribution in [2.24, 2.45) is 0 Å². The topological polar surface area (TPSA) is 64.9 Å². The fourth-order valence-corrected chi connectivity index (χ4v) is 0.706. The second kappa shape index (κ2) is 4.83. The monoisotopic (exact) mass is 183 g/mol. The molecular formula is C9H17N3O. The van der Waals surface area contributed by atoms with E-state index in [-0.39, 0.29) is 11.9 Å². The van der Waals surface area contributed by atoms with Gasteiger partial charge in [-0.25, -0.2) is 0 Å². The quantitative estimate of drug-likeness (QED) is 0.663. The number of nitriles is 1. The summed E-state index contributed by atoms with van der Waals surface area (Å²) in [6.45, 7) is 5.40. The molecule has 0 spiro atoms. The lowest BCUT2D eigenvalue weighted by atomic mass is 10.0. The Kier molecular flexibility index (Phi) is 4.43. The Balaban J connectivity index is 4.09. The van der Waals surface area contributed by atoms with E-state index in [4.69, 9.17) is 5.26 Å². The number of rotatable bonds is 4. The molecule has 0 heterocycles. The third-order valence-corrected chi connectivity index (χ3v) is 1.97. The summed E-state index contributed by atoms with van der Waals surface area (Å²) in [5.74, 6) is -0.0854. The first-order valence-corrected chi connectivity index (χ1v) is 4.31. The van der Waals surface area contributed by atoms with Crippen molar-refractivity contribution in [3.05, 3.63) is 0 Å². The van der Waals surface area contributed by atoms with Gasteiger partial charge >= 0.3 is 0 Å². The predicted molar refractivity (Wildman–Crippen MR) is 51.0 cm³/mol. The lowest BCUT2D eigenvalue weighted by Gasteiger charge is -2.24. The molecule has 0 aromatic heterocycles. The molecule has 0 aromatic rings. The summed E-state index contributed by atoms with van der Waals surface area (Å²) in [7, 11) is 1.73. The molecular weight excluding hydrogens is 166 g/mol. The number of hydrogen-bond donors (Lipinski definition) is 2. The summed E-state index contributed by atoms with van der Waals surface area (Å²) in [4.78, 5) is 11.5. The van der Waals surface area contributed by atoms with Crippen molar-refractivity contribution in [1.82, 2.24) is 10.6 Å². The summed E-state index contributed by atoms with van der Waals surface area (Å²) in [6, 6.07) is 1.91. The molecule has 2 N–H and O–H groups in total. The standard InChI is InChI=1S/C9H17N3O/c1-7(5-6-10)12-8(13)9(2,3)11-4/h7,11H,5H2,1-4H3,(H,12,13). The van der Waals surface area contributed by atoms with Gasteiger partial charge in [0.25, 0.3) is 0 Å². The van der Waals surface area contributed by atoms with Gasteiger partial charge in [-0.2, -0.15) is 5.26 Å². The molecule has 4 heteroatoms. The zero-order chi connectivity index (χ0) is 10.5. The molecule has 0 aromatic carbocycles. The summed E-state index contributed by atoms with van der Waals surface area (Å²) in [6.07, 6.45) is 0.339. The minimum Gasteiger partial charge on any atom is -0.351 e. The van der Waals surface area contributed by atoms with Crippen molar-refractivity contribution in [1.29, 1.82) is 5.26 Å². The Bertz CT molecular complexity index is 217. The maximum atomic E-state index is 11.5. The van der Waals surface area contributed by atoms with Gasteiger partial charge in [-0.05, 0) is 27.8 Å². The van der Waals surface area contributed by atoms with Crippen LogP contribution in [0.3, 0.4) is 0 Å². The molecule has 1 unspecified atom stereocenters. The predicted octanol–water partition coefficient (Wildman–Crippen LogP) is 0.403. The molecule has 1 atom stereocenters. The first-order chi connectivity index (χ1) is 5.94. The second-order valence-electron chi connectivity index (χ2n) is 3.61. The molecule has 0 bridgehead atoms. The molecule has 0 fully saturated rings. The average Bonchev–Trinajstić information content (AvgIpc) is 2.04. The molecule has 13 heavy (non-hydrogen) atoms. The molecule has 0 saturated heterocycles. The van der Waals surface area contributed by atoms with Crippen molar-refractivity contribution in [3.8, 4) is 6.07 Å². The number of likely N-dealkylation sites (N-methyl/N-ethyl adjacent to an activating group) is 1. The Hall–Kier alpha value is -1.08. The van der Waals surface area contributed by atoms with E-state index < -0.39 is 5.54 Å². The van der Waals surface area contributed by atoms with Crippen LogP contribution in [0.25, 0.3) is 0 Å². The SMILES string of the molecule is CNC(C)(C)C(=O)NC(C)CC#N. The number of nitrogens with zero attached hydrogens (tertiary/aromatic N) is 1. The smallest absolute Gasteiger partial charge is 0.239 e. The number of carbonyl (C=O) groups excluding carboxylic acids is 1. The molecule has 1 amide bonds. The molecule has 0 saturated carbocycles. The van der Waals surface area contributed by atoms with Crippen LogP contribution in [0, 0.1) is 11.3 Å². The fraction of sp³-hybridized carbons (Fsp3) is 0.778. The molecule has 0 aliphatic rings. The van der Waals surface area contributed by atoms with Crippen molar-refractivity contribution < 1.29 is 4.79 Å². The van der Waals surface area contributed by atoms with Gasteiger partial charge in [0, 0.05) is 6.04 Å². The minimum absolute atomic E-state index is 0.0854.